The van der Waals surface area contributed by atoms with Gasteiger partial charge in [0.1, 0.15) is 0 Å². The largest absolute Gasteiger partial charge is 1.00 e. The number of rotatable bonds is 0. The minimum absolute atomic E-state index is 0. The van der Waals surface area contributed by atoms with Gasteiger partial charge in [0.15, 0.2) is 0 Å². The molecule has 0 bridgehead atoms. The van der Waals surface area contributed by atoms with Gasteiger partial charge in [-0.1, -0.05) is 0 Å². The minimum Gasteiger partial charge on any atom is -0.356 e. The van der Waals surface area contributed by atoms with Gasteiger partial charge in [0, 0.05) is 22.4 Å². The predicted octanol–water partition coefficient (Wildman–Crippen LogP) is -4.42. The Morgan fingerprint density at radius 2 is 1.29 bits per heavy atom. The molecule has 0 N–H and O–H groups in total. The van der Waals surface area contributed by atoms with Crippen molar-refractivity contribution in [1.29, 1.82) is 0 Å². The fourth-order valence-electron chi connectivity index (χ4n) is 0. The molecule has 0 heterocycles. The van der Waals surface area contributed by atoms with Gasteiger partial charge in [0.25, 0.3) is 0 Å². The second kappa shape index (κ2) is 15.7. The maximum absolute atomic E-state index is 8.25. The van der Waals surface area contributed by atoms with Gasteiger partial charge in [-0.3, -0.25) is 0 Å². The molecule has 4 nitrogen and oxygen atoms in total. The van der Waals surface area contributed by atoms with Gasteiger partial charge >= 0.3 is 29.6 Å². The molecule has 41 valence electrons. The van der Waals surface area contributed by atoms with Gasteiger partial charge in [-0.25, -0.2) is 0 Å². The maximum atomic E-state index is 8.25. The quantitative estimate of drug-likeness (QED) is 0.228. The second-order valence-electron chi connectivity index (χ2n) is 0.224. The van der Waals surface area contributed by atoms with Crippen molar-refractivity contribution in [3.63, 3.8) is 0 Å². The first-order chi connectivity index (χ1) is 1.73. The van der Waals surface area contributed by atoms with Crippen LogP contribution in [0.4, 0.5) is 0 Å². The Balaban J connectivity index is -0.0000000150. The van der Waals surface area contributed by atoms with Gasteiger partial charge in [-0.05, 0) is 0 Å². The van der Waals surface area contributed by atoms with Crippen LogP contribution in [0.25, 0.3) is 0 Å². The van der Waals surface area contributed by atoms with Crippen LogP contribution in [0.2, 0.25) is 0 Å². The first-order valence-electron chi connectivity index (χ1n) is 0.548. The van der Waals surface area contributed by atoms with E-state index in [-0.39, 0.29) is 60.4 Å². The standard InChI is InChI=1S/Ag.BH3.NO3.Na/c;;2-1(3)4;/h;1H3;;/q;;-1;+1. The van der Waals surface area contributed by atoms with Crippen LogP contribution in [0.3, 0.4) is 0 Å². The molecule has 7 heteroatoms. The first kappa shape index (κ1) is 24.5. The van der Waals surface area contributed by atoms with Crippen molar-refractivity contribution in [1.82, 2.24) is 0 Å². The molecular formula is H3AgBNNaO3. The van der Waals surface area contributed by atoms with E-state index < -0.39 is 5.09 Å². The third-order valence-electron chi connectivity index (χ3n) is 0. The second-order valence-corrected chi connectivity index (χ2v) is 0.224. The van der Waals surface area contributed by atoms with E-state index in [0.717, 1.165) is 0 Å². The summed E-state index contributed by atoms with van der Waals surface area (Å²) >= 11 is 0. The molecule has 0 rings (SSSR count). The van der Waals surface area contributed by atoms with Crippen LogP contribution in [0.15, 0.2) is 0 Å². The van der Waals surface area contributed by atoms with Crippen LogP contribution in [-0.2, 0) is 22.4 Å². The van der Waals surface area contributed by atoms with E-state index in [9.17, 15) is 0 Å². The Hall–Kier alpha value is 1.01. The molecule has 0 saturated carbocycles. The summed E-state index contributed by atoms with van der Waals surface area (Å²) < 4.78 is 0. The van der Waals surface area contributed by atoms with Crippen LogP contribution in [-0.4, -0.2) is 13.5 Å². The van der Waals surface area contributed by atoms with Gasteiger partial charge in [0.05, 0.1) is 13.5 Å². The third kappa shape index (κ3) is 174. The third-order valence-corrected chi connectivity index (χ3v) is 0. The molecule has 0 atom stereocenters. The van der Waals surface area contributed by atoms with E-state index in [2.05, 4.69) is 0 Å². The van der Waals surface area contributed by atoms with Crippen molar-refractivity contribution in [3.05, 3.63) is 15.3 Å². The zero-order valence-corrected chi connectivity index (χ0v) is 6.46. The van der Waals surface area contributed by atoms with Crippen molar-refractivity contribution < 1.29 is 57.0 Å². The predicted molar refractivity (Wildman–Crippen MR) is 20.3 cm³/mol. The Morgan fingerprint density at radius 1 is 1.29 bits per heavy atom. The molecule has 0 amide bonds. The number of hydrogen-bond acceptors (Lipinski definition) is 3. The van der Waals surface area contributed by atoms with Crippen molar-refractivity contribution in [3.8, 4) is 0 Å². The zero-order valence-electron chi connectivity index (χ0n) is 2.97. The molecule has 1 radical (unpaired) electrons. The van der Waals surface area contributed by atoms with Gasteiger partial charge in [-0.15, -0.1) is 0 Å². The molecule has 7 heavy (non-hydrogen) atoms. The van der Waals surface area contributed by atoms with Crippen LogP contribution in [0.1, 0.15) is 0 Å². The average Bonchev–Trinajstić information content (AvgIpc) is 0.811. The zero-order chi connectivity index (χ0) is 3.58. The smallest absolute Gasteiger partial charge is 0.356 e. The summed E-state index contributed by atoms with van der Waals surface area (Å²) in [4.78, 5) is 8.25. The van der Waals surface area contributed by atoms with Gasteiger partial charge < -0.3 is 15.3 Å². The summed E-state index contributed by atoms with van der Waals surface area (Å²) in [6, 6.07) is 0. The monoisotopic (exact) mass is 206 g/mol. The van der Waals surface area contributed by atoms with Crippen LogP contribution < -0.4 is 29.6 Å². The number of nitrogens with zero attached hydrogens (tertiary/aromatic N) is 1. The molecule has 0 aliphatic carbocycles. The molecule has 0 aromatic rings. The van der Waals surface area contributed by atoms with Crippen LogP contribution in [0, 0.1) is 15.3 Å². The van der Waals surface area contributed by atoms with E-state index in [0.29, 0.717) is 0 Å². The van der Waals surface area contributed by atoms with Crippen molar-refractivity contribution >= 4 is 8.41 Å². The normalized spacial score (nSPS) is 3.43. The molecule has 0 aromatic heterocycles. The summed E-state index contributed by atoms with van der Waals surface area (Å²) in [5, 5.41) is 14.8. The van der Waals surface area contributed by atoms with Crippen molar-refractivity contribution in [2.45, 2.75) is 0 Å². The van der Waals surface area contributed by atoms with Crippen molar-refractivity contribution in [2.24, 2.45) is 0 Å². The topological polar surface area (TPSA) is 66.2 Å². The molecule has 0 fully saturated rings. The number of hydrogen-bond donors (Lipinski definition) is 0. The van der Waals surface area contributed by atoms with Crippen molar-refractivity contribution in [2.75, 3.05) is 0 Å². The SMILES string of the molecule is B.O=[N+]([O-])[O-].[Ag].[Na+]. The Morgan fingerprint density at radius 3 is 1.29 bits per heavy atom. The molecule has 0 spiro atoms. The maximum Gasteiger partial charge on any atom is 1.00 e. The van der Waals surface area contributed by atoms with E-state index in [1.54, 1.807) is 0 Å². The molecule has 0 aliphatic heterocycles. The Kier molecular flexibility index (Phi) is 55.1. The van der Waals surface area contributed by atoms with Gasteiger partial charge in [-0.2, -0.15) is 0 Å². The Labute approximate surface area is 80.1 Å². The summed E-state index contributed by atoms with van der Waals surface area (Å²) in [6.07, 6.45) is 0. The molecular weight excluding hydrogens is 204 g/mol. The van der Waals surface area contributed by atoms with E-state index >= 15 is 0 Å². The van der Waals surface area contributed by atoms with Crippen LogP contribution >= 0.6 is 0 Å². The molecule has 0 aliphatic rings. The van der Waals surface area contributed by atoms with Gasteiger partial charge in [0.2, 0.25) is 0 Å². The summed E-state index contributed by atoms with van der Waals surface area (Å²) in [5.74, 6) is 0. The van der Waals surface area contributed by atoms with E-state index in [1.807, 2.05) is 0 Å². The first-order valence-corrected chi connectivity index (χ1v) is 0.548. The summed E-state index contributed by atoms with van der Waals surface area (Å²) in [5.41, 5.74) is 0. The summed E-state index contributed by atoms with van der Waals surface area (Å²) in [6.45, 7) is 0. The minimum atomic E-state index is -1.75. The molecule has 0 unspecified atom stereocenters. The average molecular weight is 207 g/mol. The fraction of sp³-hybridized carbons (Fsp3) is 0. The van der Waals surface area contributed by atoms with E-state index in [4.69, 9.17) is 15.3 Å². The molecule has 0 saturated heterocycles. The van der Waals surface area contributed by atoms with Crippen LogP contribution in [0.5, 0.6) is 0 Å². The Bertz CT molecular complexity index is 37.9. The fourth-order valence-corrected chi connectivity index (χ4v) is 0. The summed E-state index contributed by atoms with van der Waals surface area (Å²) in [7, 11) is 0. The molecule has 0 aromatic carbocycles. The van der Waals surface area contributed by atoms with E-state index in [1.165, 1.54) is 0 Å².